The van der Waals surface area contributed by atoms with E-state index in [4.69, 9.17) is 33.2 Å². The van der Waals surface area contributed by atoms with Crippen molar-refractivity contribution < 1.29 is 0 Å². The molecule has 1 heterocycles. The lowest BCUT2D eigenvalue weighted by Crippen LogP contribution is -2.47. The monoisotopic (exact) mass is 497 g/mol. The van der Waals surface area contributed by atoms with Crippen molar-refractivity contribution in [3.8, 4) is 0 Å². The second-order valence-corrected chi connectivity index (χ2v) is 9.50. The molecule has 35 heavy (non-hydrogen) atoms. The number of hydrogen-bond donors (Lipinski definition) is 0. The summed E-state index contributed by atoms with van der Waals surface area (Å²) < 4.78 is 0. The van der Waals surface area contributed by atoms with Gasteiger partial charge in [0.1, 0.15) is 11.4 Å². The molecule has 0 saturated carbocycles. The SMILES string of the molecule is CC(=Nc1ccccc1)C1(c2ccc(Cl)cc2)N=C(c2ccc(Cl)cc2)N(c2ccccc2)C1C. The lowest BCUT2D eigenvalue weighted by atomic mass is 9.80. The van der Waals surface area contributed by atoms with Gasteiger partial charge in [0.2, 0.25) is 0 Å². The zero-order valence-corrected chi connectivity index (χ0v) is 21.1. The largest absolute Gasteiger partial charge is 0.320 e. The van der Waals surface area contributed by atoms with Crippen LogP contribution < -0.4 is 4.90 Å². The maximum absolute atomic E-state index is 6.28. The molecule has 2 atom stereocenters. The van der Waals surface area contributed by atoms with Gasteiger partial charge in [-0.15, -0.1) is 0 Å². The average molecular weight is 498 g/mol. The molecule has 4 aromatic rings. The standard InChI is InChI=1S/C30H25Cl2N3/c1-21(33-27-9-5-3-6-10-27)30(24-15-19-26(32)20-16-24)22(2)35(28-11-7-4-8-12-28)29(34-30)23-13-17-25(31)18-14-23/h3-20,22H,1-2H3. The highest BCUT2D eigenvalue weighted by molar-refractivity contribution is 6.31. The van der Waals surface area contributed by atoms with Crippen molar-refractivity contribution in [2.45, 2.75) is 25.4 Å². The van der Waals surface area contributed by atoms with Crippen molar-refractivity contribution in [1.29, 1.82) is 0 Å². The molecule has 0 aromatic heterocycles. The molecule has 1 aliphatic heterocycles. The number of benzene rings is 4. The summed E-state index contributed by atoms with van der Waals surface area (Å²) >= 11 is 12.5. The highest BCUT2D eigenvalue weighted by Crippen LogP contribution is 2.44. The molecule has 1 aliphatic rings. The topological polar surface area (TPSA) is 28.0 Å². The Balaban J connectivity index is 1.77. The van der Waals surface area contributed by atoms with Crippen LogP contribution in [0.15, 0.2) is 119 Å². The summed E-state index contributed by atoms with van der Waals surface area (Å²) in [5.74, 6) is 0.873. The quantitative estimate of drug-likeness (QED) is 0.254. The second kappa shape index (κ2) is 9.69. The third-order valence-corrected chi connectivity index (χ3v) is 7.03. The van der Waals surface area contributed by atoms with Crippen LogP contribution in [0.5, 0.6) is 0 Å². The van der Waals surface area contributed by atoms with Crippen molar-refractivity contribution in [2.24, 2.45) is 9.98 Å². The normalized spacial score (nSPS) is 20.1. The van der Waals surface area contributed by atoms with Gasteiger partial charge < -0.3 is 4.90 Å². The van der Waals surface area contributed by atoms with Gasteiger partial charge in [-0.3, -0.25) is 4.99 Å². The Bertz CT molecular complexity index is 1370. The van der Waals surface area contributed by atoms with E-state index in [1.54, 1.807) is 0 Å². The van der Waals surface area contributed by atoms with Crippen LogP contribution in [-0.4, -0.2) is 17.6 Å². The van der Waals surface area contributed by atoms with Gasteiger partial charge in [-0.2, -0.15) is 0 Å². The first-order chi connectivity index (χ1) is 17.0. The van der Waals surface area contributed by atoms with Gasteiger partial charge in [-0.1, -0.05) is 71.7 Å². The summed E-state index contributed by atoms with van der Waals surface area (Å²) in [5, 5.41) is 1.38. The van der Waals surface area contributed by atoms with Gasteiger partial charge in [0.25, 0.3) is 0 Å². The summed E-state index contributed by atoms with van der Waals surface area (Å²) in [6.45, 7) is 4.27. The minimum atomic E-state index is -0.731. The fraction of sp³-hybridized carbons (Fsp3) is 0.133. The smallest absolute Gasteiger partial charge is 0.146 e. The van der Waals surface area contributed by atoms with E-state index in [1.165, 1.54) is 0 Å². The number of aliphatic imine (C=N–C) groups is 2. The van der Waals surface area contributed by atoms with Crippen molar-refractivity contribution in [3.05, 3.63) is 130 Å². The summed E-state index contributed by atoms with van der Waals surface area (Å²) in [7, 11) is 0. The molecule has 2 unspecified atom stereocenters. The molecule has 0 saturated heterocycles. The van der Waals surface area contributed by atoms with Crippen molar-refractivity contribution >= 4 is 46.1 Å². The molecule has 4 aromatic carbocycles. The Kier molecular flexibility index (Phi) is 6.46. The highest BCUT2D eigenvalue weighted by atomic mass is 35.5. The van der Waals surface area contributed by atoms with Crippen LogP contribution in [0.25, 0.3) is 0 Å². The summed E-state index contributed by atoms with van der Waals surface area (Å²) in [5.41, 5.74) is 4.17. The van der Waals surface area contributed by atoms with Gasteiger partial charge in [-0.25, -0.2) is 4.99 Å². The number of halogens is 2. The Morgan fingerprint density at radius 2 is 1.31 bits per heavy atom. The molecule has 5 rings (SSSR count). The molecule has 0 N–H and O–H groups in total. The van der Waals surface area contributed by atoms with Crippen LogP contribution in [0.3, 0.4) is 0 Å². The third-order valence-electron chi connectivity index (χ3n) is 6.53. The lowest BCUT2D eigenvalue weighted by molar-refractivity contribution is 0.528. The number of hydrogen-bond acceptors (Lipinski definition) is 3. The van der Waals surface area contributed by atoms with E-state index in [1.807, 2.05) is 72.8 Å². The number of anilines is 1. The Morgan fingerprint density at radius 3 is 1.91 bits per heavy atom. The molecule has 0 fully saturated rings. The van der Waals surface area contributed by atoms with E-state index in [9.17, 15) is 0 Å². The van der Waals surface area contributed by atoms with Crippen molar-refractivity contribution in [3.63, 3.8) is 0 Å². The fourth-order valence-corrected chi connectivity index (χ4v) is 5.06. The Morgan fingerprint density at radius 1 is 0.771 bits per heavy atom. The van der Waals surface area contributed by atoms with Crippen LogP contribution in [0, 0.1) is 0 Å². The lowest BCUT2D eigenvalue weighted by Gasteiger charge is -2.36. The van der Waals surface area contributed by atoms with Crippen LogP contribution in [0.4, 0.5) is 11.4 Å². The van der Waals surface area contributed by atoms with E-state index in [-0.39, 0.29) is 6.04 Å². The first-order valence-electron chi connectivity index (χ1n) is 11.6. The molecule has 0 amide bonds. The molecule has 0 spiro atoms. The molecular weight excluding hydrogens is 473 g/mol. The summed E-state index contributed by atoms with van der Waals surface area (Å²) in [6.07, 6.45) is 0. The molecule has 0 aliphatic carbocycles. The van der Waals surface area contributed by atoms with Crippen molar-refractivity contribution in [1.82, 2.24) is 0 Å². The third kappa shape index (κ3) is 4.38. The van der Waals surface area contributed by atoms with Crippen LogP contribution in [-0.2, 0) is 5.54 Å². The maximum Gasteiger partial charge on any atom is 0.146 e. The molecule has 0 radical (unpaired) electrons. The molecule has 5 heteroatoms. The first kappa shape index (κ1) is 23.3. The minimum Gasteiger partial charge on any atom is -0.320 e. The van der Waals surface area contributed by atoms with Gasteiger partial charge in [0.05, 0.1) is 11.7 Å². The predicted molar refractivity (Wildman–Crippen MR) is 149 cm³/mol. The first-order valence-corrected chi connectivity index (χ1v) is 12.3. The second-order valence-electron chi connectivity index (χ2n) is 8.63. The van der Waals surface area contributed by atoms with Crippen LogP contribution >= 0.6 is 23.2 Å². The number of nitrogens with zero attached hydrogens (tertiary/aromatic N) is 3. The van der Waals surface area contributed by atoms with E-state index < -0.39 is 5.54 Å². The number of rotatable bonds is 5. The van der Waals surface area contributed by atoms with Crippen LogP contribution in [0.1, 0.15) is 25.0 Å². The number of amidine groups is 1. The maximum atomic E-state index is 6.28. The van der Waals surface area contributed by atoms with Crippen molar-refractivity contribution in [2.75, 3.05) is 4.90 Å². The van der Waals surface area contributed by atoms with E-state index in [2.05, 4.69) is 55.1 Å². The van der Waals surface area contributed by atoms with E-state index in [0.717, 1.165) is 34.0 Å². The van der Waals surface area contributed by atoms with Gasteiger partial charge in [0, 0.05) is 27.0 Å². The molecule has 0 bridgehead atoms. The highest BCUT2D eigenvalue weighted by Gasteiger charge is 2.50. The Labute approximate surface area is 216 Å². The zero-order chi connectivity index (χ0) is 24.4. The van der Waals surface area contributed by atoms with Crippen LogP contribution in [0.2, 0.25) is 10.0 Å². The molecule has 174 valence electrons. The molecular formula is C30H25Cl2N3. The average Bonchev–Trinajstić information content (AvgIpc) is 3.20. The molecule has 3 nitrogen and oxygen atoms in total. The summed E-state index contributed by atoms with van der Waals surface area (Å²) in [6, 6.07) is 36.1. The fourth-order valence-electron chi connectivity index (χ4n) is 4.80. The van der Waals surface area contributed by atoms with Gasteiger partial charge in [-0.05, 0) is 80.1 Å². The summed E-state index contributed by atoms with van der Waals surface area (Å²) in [4.78, 5) is 12.8. The zero-order valence-electron chi connectivity index (χ0n) is 19.6. The van der Waals surface area contributed by atoms with E-state index >= 15 is 0 Å². The van der Waals surface area contributed by atoms with Gasteiger partial charge in [0.15, 0.2) is 0 Å². The van der Waals surface area contributed by atoms with E-state index in [0.29, 0.717) is 10.0 Å². The number of para-hydroxylation sites is 2. The van der Waals surface area contributed by atoms with Gasteiger partial charge >= 0.3 is 0 Å². The Hall–Kier alpha value is -3.40. The minimum absolute atomic E-state index is 0.0655. The predicted octanol–water partition coefficient (Wildman–Crippen LogP) is 8.34.